The van der Waals surface area contributed by atoms with E-state index in [1.54, 1.807) is 0 Å². The maximum atomic E-state index is 11.2. The summed E-state index contributed by atoms with van der Waals surface area (Å²) in [4.78, 5) is 22.3. The van der Waals surface area contributed by atoms with Gasteiger partial charge in [0.25, 0.3) is 0 Å². The zero-order valence-electron chi connectivity index (χ0n) is 8.78. The van der Waals surface area contributed by atoms with E-state index in [9.17, 15) is 9.59 Å². The molecule has 0 saturated heterocycles. The van der Waals surface area contributed by atoms with E-state index < -0.39 is 11.9 Å². The highest BCUT2D eigenvalue weighted by atomic mass is 35.5. The molecule has 0 aliphatic carbocycles. The number of halogens is 2. The lowest BCUT2D eigenvalue weighted by Gasteiger charge is -2.08. The summed E-state index contributed by atoms with van der Waals surface area (Å²) in [6.45, 7) is 0. The van der Waals surface area contributed by atoms with Gasteiger partial charge in [-0.3, -0.25) is 0 Å². The zero-order valence-corrected chi connectivity index (χ0v) is 10.3. The molecule has 4 nitrogen and oxygen atoms in total. The molecule has 0 radical (unpaired) electrons. The highest BCUT2D eigenvalue weighted by Crippen LogP contribution is 2.32. The molecule has 2 aromatic carbocycles. The standard InChI is InChI=1S/C12H6Cl2O4/c13-5-3-7-9(14)2-1-6(11(15)16)10(7)8(4-5)12(17)18/h1-4H,(H,15,16)(H,17,18). The summed E-state index contributed by atoms with van der Waals surface area (Å²) in [6.07, 6.45) is 0. The van der Waals surface area contributed by atoms with Crippen molar-refractivity contribution in [3.8, 4) is 0 Å². The van der Waals surface area contributed by atoms with Gasteiger partial charge in [-0.05, 0) is 24.3 Å². The van der Waals surface area contributed by atoms with Crippen molar-refractivity contribution in [2.45, 2.75) is 0 Å². The predicted molar refractivity (Wildman–Crippen MR) is 67.9 cm³/mol. The summed E-state index contributed by atoms with van der Waals surface area (Å²) >= 11 is 11.7. The Labute approximate surface area is 111 Å². The van der Waals surface area contributed by atoms with Gasteiger partial charge in [0.1, 0.15) is 0 Å². The Kier molecular flexibility index (Phi) is 3.15. The zero-order chi connectivity index (χ0) is 13.4. The number of fused-ring (bicyclic) bond motifs is 1. The molecule has 92 valence electrons. The van der Waals surface area contributed by atoms with Crippen molar-refractivity contribution in [2.75, 3.05) is 0 Å². The van der Waals surface area contributed by atoms with Crippen LogP contribution in [-0.4, -0.2) is 22.2 Å². The molecule has 0 spiro atoms. The molecule has 0 atom stereocenters. The molecule has 0 unspecified atom stereocenters. The van der Waals surface area contributed by atoms with Crippen LogP contribution in [0.3, 0.4) is 0 Å². The fourth-order valence-electron chi connectivity index (χ4n) is 1.76. The van der Waals surface area contributed by atoms with Crippen LogP contribution in [-0.2, 0) is 0 Å². The highest BCUT2D eigenvalue weighted by Gasteiger charge is 2.18. The normalized spacial score (nSPS) is 10.6. The lowest BCUT2D eigenvalue weighted by atomic mass is 9.99. The second-order valence-electron chi connectivity index (χ2n) is 3.58. The van der Waals surface area contributed by atoms with Crippen LogP contribution < -0.4 is 0 Å². The van der Waals surface area contributed by atoms with Crippen LogP contribution in [0.25, 0.3) is 10.8 Å². The summed E-state index contributed by atoms with van der Waals surface area (Å²) < 4.78 is 0. The maximum absolute atomic E-state index is 11.2. The Bertz CT molecular complexity index is 679. The minimum atomic E-state index is -1.26. The second-order valence-corrected chi connectivity index (χ2v) is 4.42. The predicted octanol–water partition coefficient (Wildman–Crippen LogP) is 3.54. The molecule has 0 aromatic heterocycles. The van der Waals surface area contributed by atoms with E-state index in [1.165, 1.54) is 24.3 Å². The number of hydrogen-bond donors (Lipinski definition) is 2. The molecule has 2 aromatic rings. The van der Waals surface area contributed by atoms with Crippen LogP contribution in [0.15, 0.2) is 24.3 Å². The first-order chi connectivity index (χ1) is 8.41. The van der Waals surface area contributed by atoms with Crippen molar-refractivity contribution >= 4 is 45.9 Å². The molecule has 6 heteroatoms. The van der Waals surface area contributed by atoms with Crippen LogP contribution in [0.1, 0.15) is 20.7 Å². The minimum Gasteiger partial charge on any atom is -0.478 e. The lowest BCUT2D eigenvalue weighted by molar-refractivity contribution is 0.0695. The van der Waals surface area contributed by atoms with E-state index in [-0.39, 0.29) is 26.6 Å². The van der Waals surface area contributed by atoms with Gasteiger partial charge in [-0.25, -0.2) is 9.59 Å². The van der Waals surface area contributed by atoms with Gasteiger partial charge >= 0.3 is 11.9 Å². The molecule has 0 aliphatic heterocycles. The van der Waals surface area contributed by atoms with Crippen LogP contribution in [0.5, 0.6) is 0 Å². The molecule has 0 fully saturated rings. The Morgan fingerprint density at radius 1 is 0.944 bits per heavy atom. The van der Waals surface area contributed by atoms with Gasteiger partial charge in [-0.15, -0.1) is 0 Å². The third kappa shape index (κ3) is 2.00. The fraction of sp³-hybridized carbons (Fsp3) is 0. The molecule has 0 aliphatic rings. The molecular weight excluding hydrogens is 279 g/mol. The highest BCUT2D eigenvalue weighted by molar-refractivity contribution is 6.38. The van der Waals surface area contributed by atoms with Gasteiger partial charge in [0.05, 0.1) is 11.1 Å². The molecular formula is C12H6Cl2O4. The van der Waals surface area contributed by atoms with Crippen molar-refractivity contribution in [1.29, 1.82) is 0 Å². The van der Waals surface area contributed by atoms with E-state index in [0.717, 1.165) is 0 Å². The van der Waals surface area contributed by atoms with Crippen molar-refractivity contribution < 1.29 is 19.8 Å². The van der Waals surface area contributed by atoms with Crippen molar-refractivity contribution in [3.05, 3.63) is 45.4 Å². The number of rotatable bonds is 2. The Morgan fingerprint density at radius 2 is 1.56 bits per heavy atom. The number of benzene rings is 2. The molecule has 18 heavy (non-hydrogen) atoms. The van der Waals surface area contributed by atoms with Crippen molar-refractivity contribution in [2.24, 2.45) is 0 Å². The molecule has 0 saturated carbocycles. The first-order valence-corrected chi connectivity index (χ1v) is 5.55. The third-order valence-corrected chi connectivity index (χ3v) is 3.03. The summed E-state index contributed by atoms with van der Waals surface area (Å²) in [7, 11) is 0. The van der Waals surface area contributed by atoms with Crippen LogP contribution in [0.4, 0.5) is 0 Å². The number of carbonyl (C=O) groups is 2. The van der Waals surface area contributed by atoms with E-state index in [1.807, 2.05) is 0 Å². The maximum Gasteiger partial charge on any atom is 0.336 e. The molecule has 0 heterocycles. The Balaban J connectivity index is 3.03. The van der Waals surface area contributed by atoms with Crippen molar-refractivity contribution in [1.82, 2.24) is 0 Å². The smallest absolute Gasteiger partial charge is 0.336 e. The quantitative estimate of drug-likeness (QED) is 0.884. The molecule has 2 N–H and O–H groups in total. The summed E-state index contributed by atoms with van der Waals surface area (Å²) in [5.74, 6) is -2.48. The van der Waals surface area contributed by atoms with Crippen LogP contribution in [0, 0.1) is 0 Å². The number of carboxylic acid groups (broad SMARTS) is 2. The fourth-order valence-corrected chi connectivity index (χ4v) is 2.19. The Hall–Kier alpha value is -1.78. The second kappa shape index (κ2) is 4.48. The number of aromatic carboxylic acids is 2. The van der Waals surface area contributed by atoms with Crippen LogP contribution >= 0.6 is 23.2 Å². The number of carboxylic acids is 2. The Morgan fingerprint density at radius 3 is 2.11 bits per heavy atom. The summed E-state index contributed by atoms with van der Waals surface area (Å²) in [5, 5.41) is 19.0. The van der Waals surface area contributed by atoms with Gasteiger partial charge in [0.2, 0.25) is 0 Å². The topological polar surface area (TPSA) is 74.6 Å². The third-order valence-electron chi connectivity index (χ3n) is 2.49. The van der Waals surface area contributed by atoms with E-state index in [4.69, 9.17) is 33.4 Å². The first-order valence-electron chi connectivity index (χ1n) is 4.80. The number of hydrogen-bond acceptors (Lipinski definition) is 2. The van der Waals surface area contributed by atoms with Gasteiger partial charge in [-0.2, -0.15) is 0 Å². The summed E-state index contributed by atoms with van der Waals surface area (Å²) in [5.41, 5.74) is -0.305. The minimum absolute atomic E-state index is 0.0758. The monoisotopic (exact) mass is 284 g/mol. The van der Waals surface area contributed by atoms with Gasteiger partial charge in [0, 0.05) is 20.8 Å². The van der Waals surface area contributed by atoms with E-state index in [2.05, 4.69) is 0 Å². The molecule has 2 rings (SSSR count). The van der Waals surface area contributed by atoms with Gasteiger partial charge < -0.3 is 10.2 Å². The van der Waals surface area contributed by atoms with Crippen molar-refractivity contribution in [3.63, 3.8) is 0 Å². The molecule has 0 bridgehead atoms. The first kappa shape index (κ1) is 12.7. The SMILES string of the molecule is O=C(O)c1ccc(Cl)c2cc(Cl)cc(C(=O)O)c12. The average Bonchev–Trinajstić information content (AvgIpc) is 2.28. The van der Waals surface area contributed by atoms with E-state index in [0.29, 0.717) is 5.39 Å². The van der Waals surface area contributed by atoms with E-state index >= 15 is 0 Å². The largest absolute Gasteiger partial charge is 0.478 e. The summed E-state index contributed by atoms with van der Waals surface area (Å²) in [6, 6.07) is 5.32. The van der Waals surface area contributed by atoms with Crippen LogP contribution in [0.2, 0.25) is 10.0 Å². The lowest BCUT2D eigenvalue weighted by Crippen LogP contribution is -2.04. The van der Waals surface area contributed by atoms with Gasteiger partial charge in [0.15, 0.2) is 0 Å². The molecule has 0 amide bonds. The average molecular weight is 285 g/mol. The van der Waals surface area contributed by atoms with Gasteiger partial charge in [-0.1, -0.05) is 23.2 Å².